The largest absolute Gasteiger partial charge is 0.309 e. The number of nitrogens with zero attached hydrogens (tertiary/aromatic N) is 2. The molecule has 0 aliphatic carbocycles. The predicted molar refractivity (Wildman–Crippen MR) is 175 cm³/mol. The molecule has 0 bridgehead atoms. The third kappa shape index (κ3) is 3.72. The monoisotopic (exact) mass is 526 g/mol. The molecule has 0 aliphatic heterocycles. The molecule has 0 amide bonds. The Bertz CT molecular complexity index is 2290. The summed E-state index contributed by atoms with van der Waals surface area (Å²) in [6.45, 7) is 6.50. The van der Waals surface area contributed by atoms with Gasteiger partial charge in [-0.15, -0.1) is 0 Å². The molecule has 0 spiro atoms. The van der Waals surface area contributed by atoms with E-state index in [-0.39, 0.29) is 0 Å². The topological polar surface area (TPSA) is 9.86 Å². The van der Waals surface area contributed by atoms with E-state index in [4.69, 9.17) is 0 Å². The summed E-state index contributed by atoms with van der Waals surface area (Å²) in [4.78, 5) is 0. The van der Waals surface area contributed by atoms with Crippen LogP contribution in [0.25, 0.3) is 66.1 Å². The molecule has 196 valence electrons. The second-order valence-corrected chi connectivity index (χ2v) is 11.4. The molecule has 0 fully saturated rings. The number of para-hydroxylation sites is 1. The maximum absolute atomic E-state index is 2.42. The summed E-state index contributed by atoms with van der Waals surface area (Å²) in [5.41, 5.74) is 13.6. The van der Waals surface area contributed by atoms with Crippen molar-refractivity contribution in [2.45, 2.75) is 20.8 Å². The lowest BCUT2D eigenvalue weighted by Gasteiger charge is -2.12. The van der Waals surface area contributed by atoms with E-state index >= 15 is 0 Å². The number of hydrogen-bond donors (Lipinski definition) is 0. The van der Waals surface area contributed by atoms with E-state index in [9.17, 15) is 0 Å². The maximum atomic E-state index is 2.42. The molecular weight excluding hydrogens is 496 g/mol. The lowest BCUT2D eigenvalue weighted by atomic mass is 10.0. The Morgan fingerprint density at radius 3 is 1.56 bits per heavy atom. The second kappa shape index (κ2) is 8.97. The van der Waals surface area contributed by atoms with Crippen LogP contribution in [0.1, 0.15) is 16.7 Å². The van der Waals surface area contributed by atoms with Gasteiger partial charge in [-0.05, 0) is 92.6 Å². The summed E-state index contributed by atoms with van der Waals surface area (Å²) >= 11 is 0. The van der Waals surface area contributed by atoms with Crippen molar-refractivity contribution >= 4 is 43.6 Å². The highest BCUT2D eigenvalue weighted by Crippen LogP contribution is 2.38. The molecule has 0 saturated carbocycles. The van der Waals surface area contributed by atoms with Crippen LogP contribution in [0.15, 0.2) is 127 Å². The Hall–Kier alpha value is -5.08. The van der Waals surface area contributed by atoms with Crippen molar-refractivity contribution in [3.63, 3.8) is 0 Å². The normalized spacial score (nSPS) is 11.8. The van der Waals surface area contributed by atoms with Crippen molar-refractivity contribution in [1.82, 2.24) is 9.13 Å². The summed E-state index contributed by atoms with van der Waals surface area (Å²) in [5.74, 6) is 0. The summed E-state index contributed by atoms with van der Waals surface area (Å²) in [6.07, 6.45) is 0. The standard InChI is InChI=1S/C39H30N2/c1-25-8-6-9-28(20-25)29-10-7-11-30(23-29)40-38-18-15-27(3)22-34(38)35-24-31(16-19-39(35)40)41-36-13-5-4-12-32(36)33-21-26(2)14-17-37(33)41/h4-24H,1-3H3. The molecule has 0 N–H and O–H groups in total. The number of hydrogen-bond acceptors (Lipinski definition) is 0. The van der Waals surface area contributed by atoms with Gasteiger partial charge in [0.15, 0.2) is 0 Å². The van der Waals surface area contributed by atoms with Gasteiger partial charge in [-0.25, -0.2) is 0 Å². The number of fused-ring (bicyclic) bond motifs is 6. The third-order valence-corrected chi connectivity index (χ3v) is 8.45. The van der Waals surface area contributed by atoms with Gasteiger partial charge in [-0.1, -0.05) is 83.4 Å². The molecule has 2 heterocycles. The van der Waals surface area contributed by atoms with Crippen molar-refractivity contribution in [3.05, 3.63) is 144 Å². The van der Waals surface area contributed by atoms with E-state index in [1.54, 1.807) is 0 Å². The van der Waals surface area contributed by atoms with Gasteiger partial charge in [0.25, 0.3) is 0 Å². The van der Waals surface area contributed by atoms with E-state index < -0.39 is 0 Å². The summed E-state index contributed by atoms with van der Waals surface area (Å²) in [6, 6.07) is 47.0. The van der Waals surface area contributed by atoms with Crippen LogP contribution in [0.3, 0.4) is 0 Å². The second-order valence-electron chi connectivity index (χ2n) is 11.4. The smallest absolute Gasteiger partial charge is 0.0542 e. The minimum Gasteiger partial charge on any atom is -0.309 e. The Morgan fingerprint density at radius 2 is 0.854 bits per heavy atom. The molecule has 2 aromatic heterocycles. The van der Waals surface area contributed by atoms with Crippen molar-refractivity contribution in [2.24, 2.45) is 0 Å². The van der Waals surface area contributed by atoms with Gasteiger partial charge < -0.3 is 9.13 Å². The summed E-state index contributed by atoms with van der Waals surface area (Å²) in [5, 5.41) is 5.13. The van der Waals surface area contributed by atoms with Gasteiger partial charge in [0.2, 0.25) is 0 Å². The summed E-state index contributed by atoms with van der Waals surface area (Å²) < 4.78 is 4.84. The van der Waals surface area contributed by atoms with Gasteiger partial charge in [0.1, 0.15) is 0 Å². The molecule has 0 saturated heterocycles. The van der Waals surface area contributed by atoms with Crippen molar-refractivity contribution < 1.29 is 0 Å². The Kier molecular flexibility index (Phi) is 5.20. The van der Waals surface area contributed by atoms with Crippen LogP contribution in [-0.4, -0.2) is 9.13 Å². The zero-order valence-corrected chi connectivity index (χ0v) is 23.5. The number of aromatic nitrogens is 2. The van der Waals surface area contributed by atoms with Crippen LogP contribution in [0, 0.1) is 20.8 Å². The average Bonchev–Trinajstić information content (AvgIpc) is 3.49. The van der Waals surface area contributed by atoms with Crippen LogP contribution >= 0.6 is 0 Å². The van der Waals surface area contributed by atoms with Crippen molar-refractivity contribution in [1.29, 1.82) is 0 Å². The zero-order chi connectivity index (χ0) is 27.7. The van der Waals surface area contributed by atoms with Crippen LogP contribution in [0.4, 0.5) is 0 Å². The van der Waals surface area contributed by atoms with Crippen LogP contribution in [0.2, 0.25) is 0 Å². The van der Waals surface area contributed by atoms with Crippen molar-refractivity contribution in [3.8, 4) is 22.5 Å². The highest BCUT2D eigenvalue weighted by atomic mass is 15.0. The van der Waals surface area contributed by atoms with Gasteiger partial charge >= 0.3 is 0 Å². The number of benzene rings is 6. The fourth-order valence-corrected chi connectivity index (χ4v) is 6.56. The molecule has 0 atom stereocenters. The first-order valence-corrected chi connectivity index (χ1v) is 14.3. The van der Waals surface area contributed by atoms with E-state index in [0.717, 1.165) is 0 Å². The first kappa shape index (κ1) is 23.8. The SMILES string of the molecule is Cc1cccc(-c2cccc(-n3c4ccc(C)cc4c4cc(-n5c6ccccc6c6cc(C)ccc65)ccc43)c2)c1. The fraction of sp³-hybridized carbons (Fsp3) is 0.0769. The predicted octanol–water partition coefficient (Wildman–Crippen LogP) is 10.5. The molecule has 0 radical (unpaired) electrons. The molecule has 0 unspecified atom stereocenters. The van der Waals surface area contributed by atoms with Crippen molar-refractivity contribution in [2.75, 3.05) is 0 Å². The average molecular weight is 527 g/mol. The molecule has 2 heteroatoms. The molecule has 2 nitrogen and oxygen atoms in total. The first-order valence-electron chi connectivity index (χ1n) is 14.3. The fourth-order valence-electron chi connectivity index (χ4n) is 6.56. The molecule has 6 aromatic carbocycles. The van der Waals surface area contributed by atoms with Gasteiger partial charge in [-0.3, -0.25) is 0 Å². The van der Waals surface area contributed by atoms with E-state index in [1.807, 2.05) is 0 Å². The van der Waals surface area contributed by atoms with E-state index in [1.165, 1.54) is 82.8 Å². The van der Waals surface area contributed by atoms with Crippen LogP contribution in [-0.2, 0) is 0 Å². The third-order valence-electron chi connectivity index (χ3n) is 8.45. The molecule has 0 aliphatic rings. The number of rotatable bonds is 3. The summed E-state index contributed by atoms with van der Waals surface area (Å²) in [7, 11) is 0. The molecule has 8 rings (SSSR count). The van der Waals surface area contributed by atoms with Gasteiger partial charge in [0, 0.05) is 32.9 Å². The lowest BCUT2D eigenvalue weighted by Crippen LogP contribution is -1.96. The van der Waals surface area contributed by atoms with E-state index in [2.05, 4.69) is 157 Å². The van der Waals surface area contributed by atoms with Gasteiger partial charge in [-0.2, -0.15) is 0 Å². The van der Waals surface area contributed by atoms with Gasteiger partial charge in [0.05, 0.1) is 22.1 Å². The minimum atomic E-state index is 1.17. The minimum absolute atomic E-state index is 1.17. The Balaban J connectivity index is 1.40. The lowest BCUT2D eigenvalue weighted by molar-refractivity contribution is 1.16. The molecule has 41 heavy (non-hydrogen) atoms. The zero-order valence-electron chi connectivity index (χ0n) is 23.5. The molecular formula is C39H30N2. The molecule has 8 aromatic rings. The quantitative estimate of drug-likeness (QED) is 0.217. The van der Waals surface area contributed by atoms with E-state index in [0.29, 0.717) is 0 Å². The highest BCUT2D eigenvalue weighted by Gasteiger charge is 2.17. The number of aryl methyl sites for hydroxylation is 3. The first-order chi connectivity index (χ1) is 20.0. The Morgan fingerprint density at radius 1 is 0.341 bits per heavy atom. The highest BCUT2D eigenvalue weighted by molar-refractivity contribution is 6.12. The van der Waals surface area contributed by atoms with Crippen LogP contribution < -0.4 is 0 Å². The van der Waals surface area contributed by atoms with Crippen LogP contribution in [0.5, 0.6) is 0 Å². The Labute approximate surface area is 239 Å². The maximum Gasteiger partial charge on any atom is 0.0542 e.